The Bertz CT molecular complexity index is 322. The molecule has 0 spiro atoms. The highest BCUT2D eigenvalue weighted by Crippen LogP contribution is 2.35. The van der Waals surface area contributed by atoms with Gasteiger partial charge in [0.05, 0.1) is 11.5 Å². The lowest BCUT2D eigenvalue weighted by Crippen LogP contribution is -2.28. The monoisotopic (exact) mass is 270 g/mol. The highest BCUT2D eigenvalue weighted by Gasteiger charge is 2.30. The molecular weight excluding hydrogens is 244 g/mol. The first-order chi connectivity index (χ1) is 8.69. The van der Waals surface area contributed by atoms with Crippen molar-refractivity contribution in [2.24, 2.45) is 17.8 Å². The van der Waals surface area contributed by atoms with Gasteiger partial charge < -0.3 is 10.2 Å². The molecule has 0 radical (unpaired) electrons. The third-order valence-corrected chi connectivity index (χ3v) is 4.11. The van der Waals surface area contributed by atoms with E-state index < -0.39 is 11.6 Å². The molecule has 2 N–H and O–H groups in total. The van der Waals surface area contributed by atoms with Crippen LogP contribution in [0.1, 0.15) is 59.3 Å². The van der Waals surface area contributed by atoms with Crippen molar-refractivity contribution in [3.8, 4) is 0 Å². The number of carbonyl (C=O) groups excluding carboxylic acids is 1. The van der Waals surface area contributed by atoms with Crippen LogP contribution in [0.5, 0.6) is 0 Å². The minimum absolute atomic E-state index is 0.0976. The molecule has 0 amide bonds. The normalized spacial score (nSPS) is 25.9. The molecular formula is C15H26O4. The molecule has 0 aromatic carbocycles. The number of Topliss-reactive ketones (excluding diaryl/α,β-unsaturated/α-hetero) is 1. The highest BCUT2D eigenvalue weighted by atomic mass is 16.4. The van der Waals surface area contributed by atoms with Crippen LogP contribution in [-0.4, -0.2) is 27.6 Å². The van der Waals surface area contributed by atoms with Gasteiger partial charge >= 0.3 is 5.97 Å². The second-order valence-electron chi connectivity index (χ2n) is 6.66. The molecule has 0 saturated heterocycles. The van der Waals surface area contributed by atoms with Crippen LogP contribution >= 0.6 is 0 Å². The Morgan fingerprint density at radius 1 is 1.21 bits per heavy atom. The molecule has 0 aromatic heterocycles. The van der Waals surface area contributed by atoms with Gasteiger partial charge in [-0.15, -0.1) is 0 Å². The van der Waals surface area contributed by atoms with Gasteiger partial charge in [-0.1, -0.05) is 6.92 Å². The number of carboxylic acids is 1. The van der Waals surface area contributed by atoms with Gasteiger partial charge in [-0.25, -0.2) is 0 Å². The van der Waals surface area contributed by atoms with Gasteiger partial charge in [0.1, 0.15) is 5.78 Å². The molecule has 1 aliphatic carbocycles. The minimum atomic E-state index is -0.933. The smallest absolute Gasteiger partial charge is 0.306 e. The van der Waals surface area contributed by atoms with E-state index in [1.165, 1.54) is 0 Å². The molecule has 0 heterocycles. The van der Waals surface area contributed by atoms with Crippen molar-refractivity contribution in [1.29, 1.82) is 0 Å². The lowest BCUT2D eigenvalue weighted by Gasteiger charge is -2.30. The number of hydrogen-bond acceptors (Lipinski definition) is 3. The Kier molecular flexibility index (Phi) is 5.53. The molecule has 1 atom stereocenters. The Morgan fingerprint density at radius 2 is 1.74 bits per heavy atom. The molecule has 1 unspecified atom stereocenters. The first kappa shape index (κ1) is 16.2. The second kappa shape index (κ2) is 6.51. The second-order valence-corrected chi connectivity index (χ2v) is 6.66. The number of aliphatic hydroxyl groups is 1. The largest absolute Gasteiger partial charge is 0.481 e. The molecule has 0 bridgehead atoms. The molecule has 4 nitrogen and oxygen atoms in total. The standard InChI is InChI=1S/C15H26O4/c1-10(8-13(16)9-15(2,3)19)11-4-6-12(7-5-11)14(17)18/h10-12,19H,4-9H2,1-3H3,(H,17,18). The zero-order chi connectivity index (χ0) is 14.6. The summed E-state index contributed by atoms with van der Waals surface area (Å²) < 4.78 is 0. The van der Waals surface area contributed by atoms with Crippen LogP contribution in [0.2, 0.25) is 0 Å². The number of aliphatic carboxylic acids is 1. The van der Waals surface area contributed by atoms with E-state index in [4.69, 9.17) is 5.11 Å². The summed E-state index contributed by atoms with van der Waals surface area (Å²) in [6, 6.07) is 0. The number of hydrogen-bond donors (Lipinski definition) is 2. The van der Waals surface area contributed by atoms with Crippen molar-refractivity contribution in [3.05, 3.63) is 0 Å². The van der Waals surface area contributed by atoms with E-state index in [-0.39, 0.29) is 24.0 Å². The SMILES string of the molecule is CC(CC(=O)CC(C)(C)O)C1CCC(C(=O)O)CC1. The summed E-state index contributed by atoms with van der Waals surface area (Å²) in [6.45, 7) is 5.36. The lowest BCUT2D eigenvalue weighted by molar-refractivity contribution is -0.143. The maximum Gasteiger partial charge on any atom is 0.306 e. The zero-order valence-corrected chi connectivity index (χ0v) is 12.2. The van der Waals surface area contributed by atoms with Crippen molar-refractivity contribution in [3.63, 3.8) is 0 Å². The first-order valence-corrected chi connectivity index (χ1v) is 7.16. The van der Waals surface area contributed by atoms with Crippen LogP contribution in [0.3, 0.4) is 0 Å². The summed E-state index contributed by atoms with van der Waals surface area (Å²) >= 11 is 0. The van der Waals surface area contributed by atoms with E-state index in [9.17, 15) is 14.7 Å². The van der Waals surface area contributed by atoms with Crippen LogP contribution in [0.15, 0.2) is 0 Å². The molecule has 19 heavy (non-hydrogen) atoms. The van der Waals surface area contributed by atoms with Crippen molar-refractivity contribution >= 4 is 11.8 Å². The molecule has 4 heteroatoms. The van der Waals surface area contributed by atoms with Crippen LogP contribution in [0, 0.1) is 17.8 Å². The zero-order valence-electron chi connectivity index (χ0n) is 12.2. The molecule has 1 fully saturated rings. The van der Waals surface area contributed by atoms with Crippen LogP contribution < -0.4 is 0 Å². The summed E-state index contributed by atoms with van der Waals surface area (Å²) in [7, 11) is 0. The average molecular weight is 270 g/mol. The Balaban J connectivity index is 2.37. The van der Waals surface area contributed by atoms with Crippen LogP contribution in [-0.2, 0) is 9.59 Å². The molecule has 1 rings (SSSR count). The fourth-order valence-electron chi connectivity index (χ4n) is 3.02. The van der Waals surface area contributed by atoms with Crippen LogP contribution in [0.25, 0.3) is 0 Å². The van der Waals surface area contributed by atoms with E-state index in [1.54, 1.807) is 13.8 Å². The van der Waals surface area contributed by atoms with Crippen molar-refractivity contribution in [1.82, 2.24) is 0 Å². The van der Waals surface area contributed by atoms with E-state index in [2.05, 4.69) is 6.92 Å². The molecule has 0 aliphatic heterocycles. The van der Waals surface area contributed by atoms with Gasteiger partial charge in [0, 0.05) is 12.8 Å². The minimum Gasteiger partial charge on any atom is -0.481 e. The third kappa shape index (κ3) is 5.72. The average Bonchev–Trinajstić information content (AvgIpc) is 2.26. The molecule has 1 saturated carbocycles. The summed E-state index contributed by atoms with van der Waals surface area (Å²) in [5, 5.41) is 18.6. The molecule has 1 aliphatic rings. The Labute approximate surface area is 115 Å². The number of rotatable bonds is 6. The van der Waals surface area contributed by atoms with E-state index in [0.717, 1.165) is 25.7 Å². The van der Waals surface area contributed by atoms with Crippen molar-refractivity contribution in [2.45, 2.75) is 64.9 Å². The summed E-state index contributed by atoms with van der Waals surface area (Å²) in [5.41, 5.74) is -0.933. The van der Waals surface area contributed by atoms with E-state index in [1.807, 2.05) is 0 Å². The quantitative estimate of drug-likeness (QED) is 0.778. The van der Waals surface area contributed by atoms with Gasteiger partial charge in [-0.05, 0) is 51.4 Å². The van der Waals surface area contributed by atoms with E-state index >= 15 is 0 Å². The van der Waals surface area contributed by atoms with Crippen LogP contribution in [0.4, 0.5) is 0 Å². The van der Waals surface area contributed by atoms with E-state index in [0.29, 0.717) is 12.3 Å². The lowest BCUT2D eigenvalue weighted by atomic mass is 9.74. The predicted octanol–water partition coefficient (Wildman–Crippen LogP) is 2.63. The number of ketones is 1. The Morgan fingerprint density at radius 3 is 2.16 bits per heavy atom. The summed E-state index contributed by atoms with van der Waals surface area (Å²) in [6.07, 6.45) is 3.93. The topological polar surface area (TPSA) is 74.6 Å². The van der Waals surface area contributed by atoms with Gasteiger partial charge in [-0.2, -0.15) is 0 Å². The predicted molar refractivity (Wildman–Crippen MR) is 72.8 cm³/mol. The fourth-order valence-corrected chi connectivity index (χ4v) is 3.02. The number of carbonyl (C=O) groups is 2. The summed E-state index contributed by atoms with van der Waals surface area (Å²) in [4.78, 5) is 22.7. The van der Waals surface area contributed by atoms with Crippen molar-refractivity contribution < 1.29 is 19.8 Å². The van der Waals surface area contributed by atoms with Gasteiger partial charge in [0.2, 0.25) is 0 Å². The highest BCUT2D eigenvalue weighted by molar-refractivity contribution is 5.79. The molecule has 0 aromatic rings. The Hall–Kier alpha value is -0.900. The van der Waals surface area contributed by atoms with Crippen molar-refractivity contribution in [2.75, 3.05) is 0 Å². The first-order valence-electron chi connectivity index (χ1n) is 7.16. The van der Waals surface area contributed by atoms with Gasteiger partial charge in [0.15, 0.2) is 0 Å². The maximum absolute atomic E-state index is 11.8. The fraction of sp³-hybridized carbons (Fsp3) is 0.867. The third-order valence-electron chi connectivity index (χ3n) is 4.11. The van der Waals surface area contributed by atoms with Gasteiger partial charge in [-0.3, -0.25) is 9.59 Å². The summed E-state index contributed by atoms with van der Waals surface area (Å²) in [5.74, 6) is -0.0638. The van der Waals surface area contributed by atoms with Gasteiger partial charge in [0.25, 0.3) is 0 Å². The number of carboxylic acid groups (broad SMARTS) is 1. The maximum atomic E-state index is 11.8. The molecule has 110 valence electrons.